The highest BCUT2D eigenvalue weighted by atomic mass is 32.2. The third kappa shape index (κ3) is 5.38. The van der Waals surface area contributed by atoms with Crippen LogP contribution in [0.4, 0.5) is 4.79 Å². The molecule has 0 spiro atoms. The average Bonchev–Trinajstić information content (AvgIpc) is 3.43. The first-order chi connectivity index (χ1) is 16.5. The Morgan fingerprint density at radius 1 is 1.06 bits per heavy atom. The molecule has 0 bridgehead atoms. The first-order valence-electron chi connectivity index (χ1n) is 11.6. The Balaban J connectivity index is 1.28. The Morgan fingerprint density at radius 2 is 1.71 bits per heavy atom. The third-order valence-corrected chi connectivity index (χ3v) is 7.34. The van der Waals surface area contributed by atoms with Gasteiger partial charge >= 0.3 is 12.1 Å². The molecular formula is C26H30N2O5S. The Hall–Kier alpha value is -3.00. The molecule has 2 aliphatic rings. The molecule has 0 aromatic heterocycles. The van der Waals surface area contributed by atoms with Gasteiger partial charge < -0.3 is 20.5 Å². The molecular weight excluding hydrogens is 452 g/mol. The molecule has 0 aliphatic heterocycles. The maximum absolute atomic E-state index is 12.6. The predicted molar refractivity (Wildman–Crippen MR) is 132 cm³/mol. The molecule has 0 saturated heterocycles. The molecule has 7 nitrogen and oxygen atoms in total. The monoisotopic (exact) mass is 482 g/mol. The minimum Gasteiger partial charge on any atom is -0.480 e. The summed E-state index contributed by atoms with van der Waals surface area (Å²) in [5.74, 6) is -0.933. The van der Waals surface area contributed by atoms with Crippen molar-refractivity contribution in [3.8, 4) is 11.1 Å². The lowest BCUT2D eigenvalue weighted by Gasteiger charge is -2.18. The number of hydrogen-bond acceptors (Lipinski definition) is 5. The van der Waals surface area contributed by atoms with E-state index in [4.69, 9.17) is 4.74 Å². The van der Waals surface area contributed by atoms with Gasteiger partial charge in [-0.3, -0.25) is 4.79 Å². The van der Waals surface area contributed by atoms with Crippen molar-refractivity contribution in [1.29, 1.82) is 0 Å². The highest BCUT2D eigenvalue weighted by molar-refractivity contribution is 7.98. The molecule has 0 unspecified atom stereocenters. The zero-order chi connectivity index (χ0) is 24.1. The second-order valence-corrected chi connectivity index (χ2v) is 9.84. The maximum Gasteiger partial charge on any atom is 0.407 e. The van der Waals surface area contributed by atoms with Gasteiger partial charge in [-0.1, -0.05) is 48.5 Å². The summed E-state index contributed by atoms with van der Waals surface area (Å²) in [5, 5.41) is 14.9. The van der Waals surface area contributed by atoms with Crippen LogP contribution in [-0.4, -0.2) is 53.8 Å². The normalized spacial score (nSPS) is 19.7. The van der Waals surface area contributed by atoms with Crippen LogP contribution < -0.4 is 10.6 Å². The number of amides is 2. The van der Waals surface area contributed by atoms with Crippen molar-refractivity contribution in [2.24, 2.45) is 5.92 Å². The minimum atomic E-state index is -1.02. The molecule has 3 N–H and O–H groups in total. The highest BCUT2D eigenvalue weighted by Crippen LogP contribution is 2.44. The molecule has 0 radical (unpaired) electrons. The molecule has 34 heavy (non-hydrogen) atoms. The molecule has 2 aromatic carbocycles. The van der Waals surface area contributed by atoms with E-state index in [1.807, 2.05) is 30.5 Å². The Bertz CT molecular complexity index is 1010. The summed E-state index contributed by atoms with van der Waals surface area (Å²) >= 11 is 1.54. The second kappa shape index (κ2) is 11.0. The standard InChI is InChI=1S/C26H30N2O5S/c1-34-13-12-23(25(30)31)28-24(29)16-10-11-17(14-16)27-26(32)33-15-22-20-8-4-2-6-18(20)19-7-3-5-9-21(19)22/h2-9,16-17,22-23H,10-15H2,1H3,(H,27,32)(H,28,29)(H,30,31)/t16-,17+,23+/m0/s1. The third-order valence-electron chi connectivity index (χ3n) is 6.69. The number of benzene rings is 2. The van der Waals surface area contributed by atoms with Crippen LogP contribution in [0.2, 0.25) is 0 Å². The van der Waals surface area contributed by atoms with E-state index in [1.165, 1.54) is 11.1 Å². The largest absolute Gasteiger partial charge is 0.480 e. The lowest BCUT2D eigenvalue weighted by Crippen LogP contribution is -2.44. The van der Waals surface area contributed by atoms with Crippen molar-refractivity contribution >= 4 is 29.7 Å². The van der Waals surface area contributed by atoms with Gasteiger partial charge in [-0.25, -0.2) is 9.59 Å². The summed E-state index contributed by atoms with van der Waals surface area (Å²) in [5.41, 5.74) is 4.66. The first kappa shape index (κ1) is 24.1. The van der Waals surface area contributed by atoms with E-state index >= 15 is 0 Å². The van der Waals surface area contributed by atoms with Crippen LogP contribution >= 0.6 is 11.8 Å². The van der Waals surface area contributed by atoms with E-state index in [0.29, 0.717) is 31.4 Å². The van der Waals surface area contributed by atoms with E-state index in [2.05, 4.69) is 34.9 Å². The van der Waals surface area contributed by atoms with E-state index in [-0.39, 0.29) is 30.4 Å². The van der Waals surface area contributed by atoms with Gasteiger partial charge in [0, 0.05) is 17.9 Å². The highest BCUT2D eigenvalue weighted by Gasteiger charge is 2.34. The number of ether oxygens (including phenoxy) is 1. The van der Waals surface area contributed by atoms with E-state index in [0.717, 1.165) is 11.1 Å². The molecule has 2 aromatic rings. The van der Waals surface area contributed by atoms with Crippen LogP contribution in [0.5, 0.6) is 0 Å². The minimum absolute atomic E-state index is 0.00510. The summed E-state index contributed by atoms with van der Waals surface area (Å²) in [6.07, 6.45) is 3.54. The summed E-state index contributed by atoms with van der Waals surface area (Å²) in [4.78, 5) is 36.5. The number of thioether (sulfide) groups is 1. The Morgan fingerprint density at radius 3 is 2.32 bits per heavy atom. The van der Waals surface area contributed by atoms with Crippen molar-refractivity contribution in [3.63, 3.8) is 0 Å². The second-order valence-electron chi connectivity index (χ2n) is 8.86. The van der Waals surface area contributed by atoms with Gasteiger partial charge in [0.1, 0.15) is 12.6 Å². The smallest absolute Gasteiger partial charge is 0.407 e. The zero-order valence-electron chi connectivity index (χ0n) is 19.2. The maximum atomic E-state index is 12.6. The fourth-order valence-corrected chi connectivity index (χ4v) is 5.41. The molecule has 1 fully saturated rings. The molecule has 8 heteroatoms. The molecule has 1 saturated carbocycles. The first-order valence-corrected chi connectivity index (χ1v) is 13.0. The van der Waals surface area contributed by atoms with Crippen LogP contribution in [0.15, 0.2) is 48.5 Å². The summed E-state index contributed by atoms with van der Waals surface area (Å²) in [6, 6.07) is 15.3. The zero-order valence-corrected chi connectivity index (χ0v) is 20.0. The van der Waals surface area contributed by atoms with E-state index < -0.39 is 18.1 Å². The number of carboxylic acid groups (broad SMARTS) is 1. The fourth-order valence-electron chi connectivity index (χ4n) is 4.94. The quantitative estimate of drug-likeness (QED) is 0.499. The number of aliphatic carboxylic acids is 1. The van der Waals surface area contributed by atoms with Crippen molar-refractivity contribution < 1.29 is 24.2 Å². The lowest BCUT2D eigenvalue weighted by atomic mass is 9.98. The van der Waals surface area contributed by atoms with E-state index in [9.17, 15) is 19.5 Å². The van der Waals surface area contributed by atoms with Crippen molar-refractivity contribution in [2.45, 2.75) is 43.7 Å². The topological polar surface area (TPSA) is 105 Å². The summed E-state index contributed by atoms with van der Waals surface area (Å²) in [6.45, 7) is 0.242. The molecule has 4 rings (SSSR count). The number of alkyl carbamates (subject to hydrolysis) is 1. The van der Waals surface area contributed by atoms with Gasteiger partial charge in [-0.15, -0.1) is 0 Å². The Labute approximate surface area is 203 Å². The van der Waals surface area contributed by atoms with Crippen molar-refractivity contribution in [1.82, 2.24) is 10.6 Å². The molecule has 3 atom stereocenters. The number of carbonyl (C=O) groups is 3. The van der Waals surface area contributed by atoms with Crippen LogP contribution in [0.25, 0.3) is 11.1 Å². The number of hydrogen-bond donors (Lipinski definition) is 3. The number of rotatable bonds is 9. The number of nitrogens with one attached hydrogen (secondary N) is 2. The number of carbonyl (C=O) groups excluding carboxylic acids is 2. The SMILES string of the molecule is CSCC[C@@H](NC(=O)[C@H]1CC[C@@H](NC(=O)OCC2c3ccccc3-c3ccccc32)C1)C(=O)O. The van der Waals surface area contributed by atoms with Crippen LogP contribution in [-0.2, 0) is 14.3 Å². The molecule has 2 aliphatic carbocycles. The van der Waals surface area contributed by atoms with Crippen LogP contribution in [0.3, 0.4) is 0 Å². The van der Waals surface area contributed by atoms with Gasteiger partial charge in [0.2, 0.25) is 5.91 Å². The fraction of sp³-hybridized carbons (Fsp3) is 0.423. The van der Waals surface area contributed by atoms with Gasteiger partial charge in [0.15, 0.2) is 0 Å². The average molecular weight is 483 g/mol. The predicted octanol–water partition coefficient (Wildman–Crippen LogP) is 4.02. The molecule has 0 heterocycles. The summed E-state index contributed by atoms with van der Waals surface area (Å²) < 4.78 is 5.61. The van der Waals surface area contributed by atoms with E-state index in [1.54, 1.807) is 11.8 Å². The van der Waals surface area contributed by atoms with Gasteiger partial charge in [0.25, 0.3) is 0 Å². The summed E-state index contributed by atoms with van der Waals surface area (Å²) in [7, 11) is 0. The van der Waals surface area contributed by atoms with Crippen LogP contribution in [0, 0.1) is 5.92 Å². The van der Waals surface area contributed by atoms with Crippen molar-refractivity contribution in [2.75, 3.05) is 18.6 Å². The van der Waals surface area contributed by atoms with Gasteiger partial charge in [0.05, 0.1) is 0 Å². The number of fused-ring (bicyclic) bond motifs is 3. The van der Waals surface area contributed by atoms with Crippen LogP contribution in [0.1, 0.15) is 42.7 Å². The number of carboxylic acids is 1. The molecule has 2 amide bonds. The van der Waals surface area contributed by atoms with Gasteiger partial charge in [-0.2, -0.15) is 11.8 Å². The van der Waals surface area contributed by atoms with Crippen molar-refractivity contribution in [3.05, 3.63) is 59.7 Å². The lowest BCUT2D eigenvalue weighted by molar-refractivity contribution is -0.142. The van der Waals surface area contributed by atoms with Gasteiger partial charge in [-0.05, 0) is 59.9 Å². The molecule has 180 valence electrons. The Kier molecular flexibility index (Phi) is 7.77.